The molecule has 0 aromatic heterocycles. The Bertz CT molecular complexity index is 469. The summed E-state index contributed by atoms with van der Waals surface area (Å²) in [6.45, 7) is 6.57. The summed E-state index contributed by atoms with van der Waals surface area (Å²) in [5, 5.41) is 5.54. The Morgan fingerprint density at radius 3 is 2.33 bits per heavy atom. The zero-order chi connectivity index (χ0) is 15.8. The molecule has 0 saturated carbocycles. The number of hydrogen-bond acceptors (Lipinski definition) is 3. The van der Waals surface area contributed by atoms with Gasteiger partial charge < -0.3 is 16.4 Å². The summed E-state index contributed by atoms with van der Waals surface area (Å²) >= 11 is 0. The zero-order valence-corrected chi connectivity index (χ0v) is 13.0. The van der Waals surface area contributed by atoms with Crippen LogP contribution in [0.25, 0.3) is 0 Å². The number of hydrogen-bond donors (Lipinski definition) is 3. The predicted molar refractivity (Wildman–Crippen MR) is 84.9 cm³/mol. The van der Waals surface area contributed by atoms with Gasteiger partial charge in [0.15, 0.2) is 0 Å². The molecular weight excluding hydrogens is 266 g/mol. The highest BCUT2D eigenvalue weighted by molar-refractivity contribution is 5.94. The van der Waals surface area contributed by atoms with Crippen molar-refractivity contribution in [1.82, 2.24) is 5.32 Å². The van der Waals surface area contributed by atoms with Crippen molar-refractivity contribution in [1.29, 1.82) is 0 Å². The number of amides is 2. The van der Waals surface area contributed by atoms with E-state index in [0.717, 1.165) is 5.56 Å². The van der Waals surface area contributed by atoms with E-state index in [1.54, 1.807) is 12.1 Å². The second kappa shape index (κ2) is 8.42. The largest absolute Gasteiger partial charge is 0.356 e. The van der Waals surface area contributed by atoms with E-state index in [-0.39, 0.29) is 11.8 Å². The number of carbonyl (C=O) groups is 2. The third kappa shape index (κ3) is 6.40. The molecule has 0 spiro atoms. The molecule has 1 rings (SSSR count). The molecule has 0 aliphatic rings. The van der Waals surface area contributed by atoms with Gasteiger partial charge in [-0.05, 0) is 37.0 Å². The third-order valence-corrected chi connectivity index (χ3v) is 3.02. The van der Waals surface area contributed by atoms with Crippen molar-refractivity contribution in [2.75, 3.05) is 11.9 Å². The highest BCUT2D eigenvalue weighted by Gasteiger charge is 2.14. The highest BCUT2D eigenvalue weighted by Crippen LogP contribution is 2.11. The molecule has 0 aliphatic heterocycles. The normalized spacial score (nSPS) is 12.0. The summed E-state index contributed by atoms with van der Waals surface area (Å²) in [4.78, 5) is 23.4. The monoisotopic (exact) mass is 291 g/mol. The summed E-state index contributed by atoms with van der Waals surface area (Å²) in [6, 6.07) is 6.74. The number of rotatable bonds is 7. The van der Waals surface area contributed by atoms with Gasteiger partial charge in [-0.3, -0.25) is 9.59 Å². The summed E-state index contributed by atoms with van der Waals surface area (Å²) in [6.07, 6.45) is 0.996. The Labute approximate surface area is 126 Å². The Morgan fingerprint density at radius 1 is 1.19 bits per heavy atom. The topological polar surface area (TPSA) is 84.2 Å². The molecule has 0 saturated heterocycles. The van der Waals surface area contributed by atoms with Gasteiger partial charge in [-0.25, -0.2) is 0 Å². The third-order valence-electron chi connectivity index (χ3n) is 3.02. The van der Waals surface area contributed by atoms with Gasteiger partial charge in [-0.15, -0.1) is 0 Å². The average molecular weight is 291 g/mol. The number of carbonyl (C=O) groups excluding carboxylic acids is 2. The van der Waals surface area contributed by atoms with Gasteiger partial charge in [0, 0.05) is 12.2 Å². The van der Waals surface area contributed by atoms with Crippen molar-refractivity contribution in [3.63, 3.8) is 0 Å². The van der Waals surface area contributed by atoms with Gasteiger partial charge in [0.2, 0.25) is 11.8 Å². The van der Waals surface area contributed by atoms with Gasteiger partial charge in [-0.2, -0.15) is 0 Å². The van der Waals surface area contributed by atoms with Gasteiger partial charge in [-0.1, -0.05) is 26.0 Å². The average Bonchev–Trinajstić information content (AvgIpc) is 2.40. The van der Waals surface area contributed by atoms with Crippen molar-refractivity contribution in [2.45, 2.75) is 39.7 Å². The predicted octanol–water partition coefficient (Wildman–Crippen LogP) is 1.68. The lowest BCUT2D eigenvalue weighted by molar-refractivity contribution is -0.120. The fourth-order valence-electron chi connectivity index (χ4n) is 2.00. The Balaban J connectivity index is 2.54. The molecule has 0 radical (unpaired) electrons. The van der Waals surface area contributed by atoms with Gasteiger partial charge >= 0.3 is 0 Å². The first-order chi connectivity index (χ1) is 9.92. The molecule has 0 fully saturated rings. The van der Waals surface area contributed by atoms with Crippen LogP contribution in [0.1, 0.15) is 32.8 Å². The smallest absolute Gasteiger partial charge is 0.241 e. The first kappa shape index (κ1) is 17.2. The Kier molecular flexibility index (Phi) is 6.88. The van der Waals surface area contributed by atoms with E-state index >= 15 is 0 Å². The minimum absolute atomic E-state index is 0.00626. The molecule has 0 aliphatic carbocycles. The SMILES string of the molecule is CCNC(=O)Cc1ccc(NC(=O)[C@H](N)CC(C)C)cc1. The minimum atomic E-state index is -0.500. The van der Waals surface area contributed by atoms with E-state index in [0.29, 0.717) is 31.0 Å². The van der Waals surface area contributed by atoms with Crippen LogP contribution in [0.15, 0.2) is 24.3 Å². The number of likely N-dealkylation sites (N-methyl/N-ethyl adjacent to an activating group) is 1. The van der Waals surface area contributed by atoms with Crippen molar-refractivity contribution in [2.24, 2.45) is 11.7 Å². The summed E-state index contributed by atoms with van der Waals surface area (Å²) < 4.78 is 0. The molecule has 1 aromatic rings. The number of nitrogens with one attached hydrogen (secondary N) is 2. The molecule has 0 heterocycles. The van der Waals surface area contributed by atoms with Crippen molar-refractivity contribution < 1.29 is 9.59 Å². The Morgan fingerprint density at radius 2 is 1.81 bits per heavy atom. The fourth-order valence-corrected chi connectivity index (χ4v) is 2.00. The maximum absolute atomic E-state index is 11.9. The van der Waals surface area contributed by atoms with Gasteiger partial charge in [0.1, 0.15) is 0 Å². The fraction of sp³-hybridized carbons (Fsp3) is 0.500. The number of nitrogens with two attached hydrogens (primary N) is 1. The molecule has 5 heteroatoms. The van der Waals surface area contributed by atoms with E-state index in [1.165, 1.54) is 0 Å². The van der Waals surface area contributed by atoms with E-state index in [4.69, 9.17) is 5.73 Å². The van der Waals surface area contributed by atoms with Crippen molar-refractivity contribution in [3.8, 4) is 0 Å². The quantitative estimate of drug-likeness (QED) is 0.714. The summed E-state index contributed by atoms with van der Waals surface area (Å²) in [5.74, 6) is 0.193. The first-order valence-corrected chi connectivity index (χ1v) is 7.34. The molecule has 1 atom stereocenters. The molecule has 2 amide bonds. The molecule has 5 nitrogen and oxygen atoms in total. The van der Waals surface area contributed by atoms with Crippen LogP contribution in [-0.2, 0) is 16.0 Å². The number of benzene rings is 1. The molecule has 1 aromatic carbocycles. The van der Waals surface area contributed by atoms with Crippen molar-refractivity contribution in [3.05, 3.63) is 29.8 Å². The molecule has 116 valence electrons. The maximum Gasteiger partial charge on any atom is 0.241 e. The van der Waals surface area contributed by atoms with Gasteiger partial charge in [0.05, 0.1) is 12.5 Å². The number of anilines is 1. The summed E-state index contributed by atoms with van der Waals surface area (Å²) in [5.41, 5.74) is 7.43. The van der Waals surface area contributed by atoms with Crippen LogP contribution >= 0.6 is 0 Å². The lowest BCUT2D eigenvalue weighted by Crippen LogP contribution is -2.36. The van der Waals surface area contributed by atoms with E-state index in [9.17, 15) is 9.59 Å². The van der Waals surface area contributed by atoms with Crippen LogP contribution in [0.4, 0.5) is 5.69 Å². The molecule has 21 heavy (non-hydrogen) atoms. The second-order valence-corrected chi connectivity index (χ2v) is 5.55. The molecule has 4 N–H and O–H groups in total. The Hall–Kier alpha value is -1.88. The molecular formula is C16H25N3O2. The first-order valence-electron chi connectivity index (χ1n) is 7.34. The second-order valence-electron chi connectivity index (χ2n) is 5.55. The van der Waals surface area contributed by atoms with Crippen LogP contribution in [0.2, 0.25) is 0 Å². The van der Waals surface area contributed by atoms with Crippen LogP contribution in [0, 0.1) is 5.92 Å². The van der Waals surface area contributed by atoms with Crippen LogP contribution in [0.5, 0.6) is 0 Å². The van der Waals surface area contributed by atoms with E-state index in [2.05, 4.69) is 10.6 Å². The van der Waals surface area contributed by atoms with Crippen LogP contribution in [-0.4, -0.2) is 24.4 Å². The molecule has 0 bridgehead atoms. The van der Waals surface area contributed by atoms with E-state index < -0.39 is 6.04 Å². The lowest BCUT2D eigenvalue weighted by Gasteiger charge is -2.14. The zero-order valence-electron chi connectivity index (χ0n) is 13.0. The standard InChI is InChI=1S/C16H25N3O2/c1-4-18-15(20)10-12-5-7-13(8-6-12)19-16(21)14(17)9-11(2)3/h5-8,11,14H,4,9-10,17H2,1-3H3,(H,18,20)(H,19,21)/t14-/m1/s1. The highest BCUT2D eigenvalue weighted by atomic mass is 16.2. The lowest BCUT2D eigenvalue weighted by atomic mass is 10.0. The minimum Gasteiger partial charge on any atom is -0.356 e. The van der Waals surface area contributed by atoms with Gasteiger partial charge in [0.25, 0.3) is 0 Å². The molecule has 0 unspecified atom stereocenters. The van der Waals surface area contributed by atoms with Crippen molar-refractivity contribution >= 4 is 17.5 Å². The van der Waals surface area contributed by atoms with E-state index in [1.807, 2.05) is 32.9 Å². The van der Waals surface area contributed by atoms with Crippen LogP contribution in [0.3, 0.4) is 0 Å². The summed E-state index contributed by atoms with van der Waals surface area (Å²) in [7, 11) is 0. The maximum atomic E-state index is 11.9. The van der Waals surface area contributed by atoms with Crippen LogP contribution < -0.4 is 16.4 Å².